The van der Waals surface area contributed by atoms with E-state index in [-0.39, 0.29) is 0 Å². The summed E-state index contributed by atoms with van der Waals surface area (Å²) in [7, 11) is 1.34. The van der Waals surface area contributed by atoms with Crippen LogP contribution in [-0.4, -0.2) is 13.1 Å². The summed E-state index contributed by atoms with van der Waals surface area (Å²) in [6.45, 7) is 0. The molecule has 0 spiro atoms. The first-order valence-electron chi connectivity index (χ1n) is 3.74. The van der Waals surface area contributed by atoms with E-state index in [9.17, 15) is 4.79 Å². The highest BCUT2D eigenvalue weighted by atomic mass is 35.5. The third kappa shape index (κ3) is 2.92. The van der Waals surface area contributed by atoms with Gasteiger partial charge in [0.15, 0.2) is 0 Å². The van der Waals surface area contributed by atoms with E-state index < -0.39 is 5.97 Å². The Morgan fingerprint density at radius 1 is 1.38 bits per heavy atom. The van der Waals surface area contributed by atoms with Crippen LogP contribution in [-0.2, 0) is 9.53 Å². The molecule has 0 aromatic heterocycles. The van der Waals surface area contributed by atoms with Crippen LogP contribution in [0, 0.1) is 0 Å². The average molecular weight is 197 g/mol. The topological polar surface area (TPSA) is 26.3 Å². The highest BCUT2D eigenvalue weighted by Crippen LogP contribution is 2.12. The van der Waals surface area contributed by atoms with Crippen LogP contribution >= 0.6 is 11.6 Å². The number of rotatable bonds is 1. The van der Waals surface area contributed by atoms with Crippen LogP contribution in [0.25, 0.3) is 0 Å². The maximum atomic E-state index is 11.1. The van der Waals surface area contributed by atoms with Gasteiger partial charge in [0, 0.05) is 5.03 Å². The monoisotopic (exact) mass is 196 g/mol. The number of carbonyl (C=O) groups excluding carboxylic acids is 1. The zero-order chi connectivity index (χ0) is 9.68. The molecule has 68 valence electrons. The number of hydrogen-bond acceptors (Lipinski definition) is 2. The van der Waals surface area contributed by atoms with Gasteiger partial charge in [0.1, 0.15) is 0 Å². The number of hydrogen-bond donors (Lipinski definition) is 0. The number of halogens is 1. The zero-order valence-corrected chi connectivity index (χ0v) is 7.91. The normalized spacial score (nSPS) is 28.5. The molecule has 0 heterocycles. The first kappa shape index (κ1) is 9.81. The van der Waals surface area contributed by atoms with Gasteiger partial charge >= 0.3 is 5.97 Å². The second-order valence-corrected chi connectivity index (χ2v) is 2.82. The molecule has 2 nitrogen and oxygen atoms in total. The van der Waals surface area contributed by atoms with Gasteiger partial charge in [-0.2, -0.15) is 0 Å². The molecule has 0 unspecified atom stereocenters. The van der Waals surface area contributed by atoms with E-state index in [1.807, 2.05) is 0 Å². The van der Waals surface area contributed by atoms with Crippen molar-refractivity contribution in [2.45, 2.75) is 0 Å². The Hall–Kier alpha value is -1.28. The molecule has 0 amide bonds. The Labute approximate surface area is 81.8 Å². The molecule has 0 N–H and O–H groups in total. The molecule has 0 fully saturated rings. The van der Waals surface area contributed by atoms with E-state index in [0.717, 1.165) is 0 Å². The largest absolute Gasteiger partial charge is 0.465 e. The van der Waals surface area contributed by atoms with Crippen molar-refractivity contribution in [2.75, 3.05) is 7.11 Å². The summed E-state index contributed by atoms with van der Waals surface area (Å²) in [5.41, 5.74) is 0.438. The minimum Gasteiger partial charge on any atom is -0.465 e. The summed E-state index contributed by atoms with van der Waals surface area (Å²) in [5, 5.41) is 0.501. The van der Waals surface area contributed by atoms with Crippen molar-refractivity contribution >= 4 is 17.6 Å². The third-order valence-corrected chi connectivity index (χ3v) is 1.70. The Bertz CT molecular complexity index is 322. The van der Waals surface area contributed by atoms with Crippen molar-refractivity contribution in [3.63, 3.8) is 0 Å². The van der Waals surface area contributed by atoms with Gasteiger partial charge in [-0.15, -0.1) is 0 Å². The van der Waals surface area contributed by atoms with E-state index in [1.54, 1.807) is 36.5 Å². The fraction of sp³-hybridized carbons (Fsp3) is 0.100. The number of carbonyl (C=O) groups is 1. The number of allylic oxidation sites excluding steroid dienone is 6. The Morgan fingerprint density at radius 3 is 2.85 bits per heavy atom. The highest BCUT2D eigenvalue weighted by Gasteiger charge is 2.06. The van der Waals surface area contributed by atoms with Crippen LogP contribution < -0.4 is 0 Å². The van der Waals surface area contributed by atoms with Gasteiger partial charge in [-0.05, 0) is 18.2 Å². The molecule has 1 aliphatic carbocycles. The molecule has 13 heavy (non-hydrogen) atoms. The molecule has 0 radical (unpaired) electrons. The summed E-state index contributed by atoms with van der Waals surface area (Å²) in [5.74, 6) is -0.391. The SMILES string of the molecule is COC(=O)C1=C/C(Cl)=C\C=C/C=C\1. The Morgan fingerprint density at radius 2 is 2.15 bits per heavy atom. The molecule has 1 rings (SSSR count). The number of ether oxygens (including phenoxy) is 1. The lowest BCUT2D eigenvalue weighted by Crippen LogP contribution is -2.02. The molecule has 0 aromatic rings. The van der Waals surface area contributed by atoms with E-state index in [1.165, 1.54) is 7.11 Å². The molecule has 1 aliphatic rings. The van der Waals surface area contributed by atoms with Gasteiger partial charge in [0.05, 0.1) is 12.7 Å². The van der Waals surface area contributed by atoms with Crippen molar-refractivity contribution in [1.82, 2.24) is 0 Å². The summed E-state index contributed by atoms with van der Waals surface area (Å²) in [6.07, 6.45) is 10.3. The van der Waals surface area contributed by atoms with E-state index in [4.69, 9.17) is 11.6 Å². The first-order valence-corrected chi connectivity index (χ1v) is 4.12. The fourth-order valence-electron chi connectivity index (χ4n) is 0.860. The van der Waals surface area contributed by atoms with Crippen LogP contribution in [0.3, 0.4) is 0 Å². The second kappa shape index (κ2) is 4.67. The third-order valence-electron chi connectivity index (χ3n) is 1.47. The standard InChI is InChI=1S/C10H9ClO2/c1-13-10(12)8-5-3-2-4-6-9(11)7-8/h2-7H,1H3/b3-2?,4-2-,5-3-,6-4?,8-5?,8-7+,9-6+,9-7?. The Kier molecular flexibility index (Phi) is 3.53. The first-order chi connectivity index (χ1) is 6.24. The van der Waals surface area contributed by atoms with Crippen molar-refractivity contribution in [3.8, 4) is 0 Å². The lowest BCUT2D eigenvalue weighted by atomic mass is 10.2. The zero-order valence-electron chi connectivity index (χ0n) is 7.16. The lowest BCUT2D eigenvalue weighted by Gasteiger charge is -2.00. The predicted molar refractivity (Wildman–Crippen MR) is 52.3 cm³/mol. The van der Waals surface area contributed by atoms with Crippen LogP contribution in [0.5, 0.6) is 0 Å². The predicted octanol–water partition coefficient (Wildman–Crippen LogP) is 2.33. The molecule has 0 bridgehead atoms. The van der Waals surface area contributed by atoms with Gasteiger partial charge in [-0.1, -0.05) is 29.8 Å². The molecule has 3 heteroatoms. The molecule has 0 aliphatic heterocycles. The van der Waals surface area contributed by atoms with E-state index in [2.05, 4.69) is 4.74 Å². The van der Waals surface area contributed by atoms with Crippen molar-refractivity contribution in [2.24, 2.45) is 0 Å². The number of esters is 1. The summed E-state index contributed by atoms with van der Waals surface area (Å²) in [6, 6.07) is 0. The van der Waals surface area contributed by atoms with Gasteiger partial charge in [0.25, 0.3) is 0 Å². The van der Waals surface area contributed by atoms with Gasteiger partial charge in [0.2, 0.25) is 0 Å². The average Bonchev–Trinajstić information content (AvgIpc) is 2.10. The smallest absolute Gasteiger partial charge is 0.337 e. The van der Waals surface area contributed by atoms with Crippen molar-refractivity contribution in [1.29, 1.82) is 0 Å². The minimum atomic E-state index is -0.391. The van der Waals surface area contributed by atoms with Crippen LogP contribution in [0.15, 0.2) is 47.1 Å². The van der Waals surface area contributed by atoms with E-state index in [0.29, 0.717) is 10.6 Å². The molecular formula is C10H9ClO2. The van der Waals surface area contributed by atoms with Gasteiger partial charge < -0.3 is 4.74 Å². The van der Waals surface area contributed by atoms with Gasteiger partial charge in [-0.3, -0.25) is 0 Å². The summed E-state index contributed by atoms with van der Waals surface area (Å²) < 4.78 is 4.57. The van der Waals surface area contributed by atoms with Crippen LogP contribution in [0.4, 0.5) is 0 Å². The van der Waals surface area contributed by atoms with Crippen LogP contribution in [0.2, 0.25) is 0 Å². The maximum Gasteiger partial charge on any atom is 0.337 e. The van der Waals surface area contributed by atoms with E-state index >= 15 is 0 Å². The highest BCUT2D eigenvalue weighted by molar-refractivity contribution is 6.31. The molecular weight excluding hydrogens is 188 g/mol. The second-order valence-electron chi connectivity index (χ2n) is 2.39. The fourth-order valence-corrected chi connectivity index (χ4v) is 1.05. The van der Waals surface area contributed by atoms with Crippen molar-refractivity contribution in [3.05, 3.63) is 47.1 Å². The van der Waals surface area contributed by atoms with Crippen molar-refractivity contribution < 1.29 is 9.53 Å². The lowest BCUT2D eigenvalue weighted by molar-refractivity contribution is -0.135. The number of methoxy groups -OCH3 is 1. The molecule has 0 saturated carbocycles. The molecule has 0 atom stereocenters. The quantitative estimate of drug-likeness (QED) is 0.602. The molecule has 0 saturated heterocycles. The van der Waals surface area contributed by atoms with Crippen LogP contribution in [0.1, 0.15) is 0 Å². The van der Waals surface area contributed by atoms with Gasteiger partial charge in [-0.25, -0.2) is 4.79 Å². The maximum absolute atomic E-state index is 11.1. The Balaban J connectivity index is 2.95. The molecule has 0 aromatic carbocycles. The summed E-state index contributed by atoms with van der Waals surface area (Å²) in [4.78, 5) is 11.1. The summed E-state index contributed by atoms with van der Waals surface area (Å²) >= 11 is 5.78. The minimum absolute atomic E-state index is 0.391.